The monoisotopic (exact) mass is 301 g/mol. The van der Waals surface area contributed by atoms with Crippen LogP contribution in [0.5, 0.6) is 5.75 Å². The Morgan fingerprint density at radius 3 is 2.73 bits per heavy atom. The molecule has 3 nitrogen and oxygen atoms in total. The first kappa shape index (κ1) is 16.0. The minimum atomic E-state index is -0.389. The van der Waals surface area contributed by atoms with Gasteiger partial charge in [-0.3, -0.25) is 4.79 Å². The number of rotatable bonds is 6. The summed E-state index contributed by atoms with van der Waals surface area (Å²) >= 11 is 0. The second kappa shape index (κ2) is 7.59. The highest BCUT2D eigenvalue weighted by Crippen LogP contribution is 2.26. The third-order valence-electron chi connectivity index (χ3n) is 3.54. The molecule has 22 heavy (non-hydrogen) atoms. The molecule has 2 aromatic rings. The maximum atomic E-state index is 13.0. The van der Waals surface area contributed by atoms with Crippen LogP contribution in [-0.4, -0.2) is 12.5 Å². The van der Waals surface area contributed by atoms with Crippen molar-refractivity contribution in [2.24, 2.45) is 0 Å². The van der Waals surface area contributed by atoms with Crippen LogP contribution in [0.1, 0.15) is 31.7 Å². The standard InChI is InChI=1S/C18H20FNO2/c1-3-13(2)16-9-4-5-10-17(16)20-18(21)12-22-15-8-6-7-14(19)11-15/h4-11,13H,3,12H2,1-2H3,(H,20,21)/t13-/m1/s1. The van der Waals surface area contributed by atoms with E-state index in [1.165, 1.54) is 12.1 Å². The molecule has 2 rings (SSSR count). The topological polar surface area (TPSA) is 38.3 Å². The van der Waals surface area contributed by atoms with Crippen molar-refractivity contribution in [3.63, 3.8) is 0 Å². The van der Waals surface area contributed by atoms with Crippen molar-refractivity contribution >= 4 is 11.6 Å². The molecule has 116 valence electrons. The van der Waals surface area contributed by atoms with Gasteiger partial charge < -0.3 is 10.1 Å². The smallest absolute Gasteiger partial charge is 0.262 e. The van der Waals surface area contributed by atoms with E-state index in [0.29, 0.717) is 11.7 Å². The van der Waals surface area contributed by atoms with E-state index in [4.69, 9.17) is 4.74 Å². The fraction of sp³-hybridized carbons (Fsp3) is 0.278. The van der Waals surface area contributed by atoms with Crippen LogP contribution in [0, 0.1) is 5.82 Å². The Kier molecular flexibility index (Phi) is 5.53. The lowest BCUT2D eigenvalue weighted by Crippen LogP contribution is -2.21. The first-order valence-electron chi connectivity index (χ1n) is 7.37. The maximum absolute atomic E-state index is 13.0. The van der Waals surface area contributed by atoms with Gasteiger partial charge >= 0.3 is 0 Å². The average molecular weight is 301 g/mol. The van der Waals surface area contributed by atoms with Crippen LogP contribution in [-0.2, 0) is 4.79 Å². The van der Waals surface area contributed by atoms with Crippen LogP contribution in [0.2, 0.25) is 0 Å². The van der Waals surface area contributed by atoms with Gasteiger partial charge in [-0.05, 0) is 36.1 Å². The Balaban J connectivity index is 1.98. The van der Waals surface area contributed by atoms with Gasteiger partial charge in [0.2, 0.25) is 0 Å². The van der Waals surface area contributed by atoms with Crippen molar-refractivity contribution in [3.05, 3.63) is 59.9 Å². The van der Waals surface area contributed by atoms with Gasteiger partial charge in [0.15, 0.2) is 6.61 Å². The van der Waals surface area contributed by atoms with Crippen molar-refractivity contribution in [1.29, 1.82) is 0 Å². The molecular weight excluding hydrogens is 281 g/mol. The quantitative estimate of drug-likeness (QED) is 0.861. The molecule has 0 bridgehead atoms. The molecule has 2 aromatic carbocycles. The fourth-order valence-corrected chi connectivity index (χ4v) is 2.15. The average Bonchev–Trinajstić information content (AvgIpc) is 2.53. The molecule has 0 aromatic heterocycles. The minimum Gasteiger partial charge on any atom is -0.484 e. The highest BCUT2D eigenvalue weighted by Gasteiger charge is 2.11. The Labute approximate surface area is 130 Å². The van der Waals surface area contributed by atoms with Crippen LogP contribution in [0.15, 0.2) is 48.5 Å². The summed E-state index contributed by atoms with van der Waals surface area (Å²) in [6.07, 6.45) is 0.993. The van der Waals surface area contributed by atoms with Crippen molar-refractivity contribution < 1.29 is 13.9 Å². The molecule has 0 aliphatic carbocycles. The normalized spacial score (nSPS) is 11.8. The van der Waals surface area contributed by atoms with E-state index in [9.17, 15) is 9.18 Å². The number of ether oxygens (including phenoxy) is 1. The summed E-state index contributed by atoms with van der Waals surface area (Å²) < 4.78 is 18.3. The number of hydrogen-bond acceptors (Lipinski definition) is 2. The van der Waals surface area contributed by atoms with E-state index in [-0.39, 0.29) is 18.3 Å². The lowest BCUT2D eigenvalue weighted by Gasteiger charge is -2.15. The van der Waals surface area contributed by atoms with Gasteiger partial charge in [-0.25, -0.2) is 4.39 Å². The first-order valence-corrected chi connectivity index (χ1v) is 7.37. The summed E-state index contributed by atoms with van der Waals surface area (Å²) in [7, 11) is 0. The summed E-state index contributed by atoms with van der Waals surface area (Å²) in [5.41, 5.74) is 1.90. The van der Waals surface area contributed by atoms with E-state index >= 15 is 0 Å². The molecule has 4 heteroatoms. The third-order valence-corrected chi connectivity index (χ3v) is 3.54. The van der Waals surface area contributed by atoms with E-state index < -0.39 is 0 Å². The van der Waals surface area contributed by atoms with Gasteiger partial charge in [0.25, 0.3) is 5.91 Å². The predicted octanol–water partition coefficient (Wildman–Crippen LogP) is 4.36. The van der Waals surface area contributed by atoms with E-state index in [0.717, 1.165) is 17.7 Å². The second-order valence-corrected chi connectivity index (χ2v) is 5.19. The molecule has 1 amide bonds. The Hall–Kier alpha value is -2.36. The number of halogens is 1. The summed E-state index contributed by atoms with van der Waals surface area (Å²) in [6, 6.07) is 13.5. The number of carbonyl (C=O) groups excluding carboxylic acids is 1. The number of anilines is 1. The second-order valence-electron chi connectivity index (χ2n) is 5.19. The molecule has 0 spiro atoms. The van der Waals surface area contributed by atoms with Crippen molar-refractivity contribution in [1.82, 2.24) is 0 Å². The Morgan fingerprint density at radius 2 is 2.00 bits per heavy atom. The van der Waals surface area contributed by atoms with E-state index in [2.05, 4.69) is 19.2 Å². The van der Waals surface area contributed by atoms with Crippen molar-refractivity contribution in [3.8, 4) is 5.75 Å². The summed E-state index contributed by atoms with van der Waals surface area (Å²) in [5, 5.41) is 2.85. The van der Waals surface area contributed by atoms with Crippen molar-refractivity contribution in [2.45, 2.75) is 26.2 Å². The molecule has 0 aliphatic heterocycles. The minimum absolute atomic E-state index is 0.154. The lowest BCUT2D eigenvalue weighted by atomic mass is 9.97. The zero-order valence-electron chi connectivity index (χ0n) is 12.8. The van der Waals surface area contributed by atoms with E-state index in [1.54, 1.807) is 12.1 Å². The van der Waals surface area contributed by atoms with Gasteiger partial charge in [0.05, 0.1) is 0 Å². The van der Waals surface area contributed by atoms with Gasteiger partial charge in [0.1, 0.15) is 11.6 Å². The number of hydrogen-bond donors (Lipinski definition) is 1. The number of nitrogens with one attached hydrogen (secondary N) is 1. The van der Waals surface area contributed by atoms with Crippen LogP contribution in [0.4, 0.5) is 10.1 Å². The van der Waals surface area contributed by atoms with Crippen LogP contribution in [0.3, 0.4) is 0 Å². The lowest BCUT2D eigenvalue weighted by molar-refractivity contribution is -0.118. The number of para-hydroxylation sites is 1. The summed E-state index contributed by atoms with van der Waals surface area (Å²) in [5.74, 6) is 0.0473. The van der Waals surface area contributed by atoms with Crippen LogP contribution in [0.25, 0.3) is 0 Å². The van der Waals surface area contributed by atoms with Gasteiger partial charge in [-0.1, -0.05) is 38.1 Å². The number of carbonyl (C=O) groups is 1. The predicted molar refractivity (Wildman–Crippen MR) is 85.7 cm³/mol. The highest BCUT2D eigenvalue weighted by atomic mass is 19.1. The molecule has 0 aliphatic rings. The first-order chi connectivity index (χ1) is 10.6. The molecule has 1 N–H and O–H groups in total. The van der Waals surface area contributed by atoms with Crippen LogP contribution < -0.4 is 10.1 Å². The number of amides is 1. The van der Waals surface area contributed by atoms with Gasteiger partial charge in [0, 0.05) is 11.8 Å². The molecular formula is C18H20FNO2. The largest absolute Gasteiger partial charge is 0.484 e. The van der Waals surface area contributed by atoms with Crippen LogP contribution >= 0.6 is 0 Å². The fourth-order valence-electron chi connectivity index (χ4n) is 2.15. The number of benzene rings is 2. The molecule has 0 saturated carbocycles. The van der Waals surface area contributed by atoms with Crippen molar-refractivity contribution in [2.75, 3.05) is 11.9 Å². The Morgan fingerprint density at radius 1 is 1.23 bits per heavy atom. The molecule has 0 saturated heterocycles. The van der Waals surface area contributed by atoms with Gasteiger partial charge in [-0.15, -0.1) is 0 Å². The molecule has 0 radical (unpaired) electrons. The molecule has 1 atom stereocenters. The zero-order chi connectivity index (χ0) is 15.9. The summed E-state index contributed by atoms with van der Waals surface area (Å²) in [6.45, 7) is 4.07. The summed E-state index contributed by atoms with van der Waals surface area (Å²) in [4.78, 5) is 12.0. The van der Waals surface area contributed by atoms with Gasteiger partial charge in [-0.2, -0.15) is 0 Å². The maximum Gasteiger partial charge on any atom is 0.262 e. The Bertz CT molecular complexity index is 642. The SMILES string of the molecule is CC[C@@H](C)c1ccccc1NC(=O)COc1cccc(F)c1. The van der Waals surface area contributed by atoms with E-state index in [1.807, 2.05) is 24.3 Å². The zero-order valence-corrected chi connectivity index (χ0v) is 12.8. The molecule has 0 heterocycles. The molecule has 0 fully saturated rings. The highest BCUT2D eigenvalue weighted by molar-refractivity contribution is 5.92. The molecule has 0 unspecified atom stereocenters. The third kappa shape index (κ3) is 4.32.